The Morgan fingerprint density at radius 1 is 1.27 bits per heavy atom. The van der Waals surface area contributed by atoms with E-state index in [0.29, 0.717) is 23.5 Å². The number of ether oxygens (including phenoxy) is 1. The summed E-state index contributed by atoms with van der Waals surface area (Å²) in [7, 11) is 1.67. The van der Waals surface area contributed by atoms with Crippen LogP contribution in [0.2, 0.25) is 0 Å². The summed E-state index contributed by atoms with van der Waals surface area (Å²) in [6, 6.07) is 11.7. The van der Waals surface area contributed by atoms with Gasteiger partial charge in [0.05, 0.1) is 32.6 Å². The predicted octanol–water partition coefficient (Wildman–Crippen LogP) is 4.01. The second-order valence-electron chi connectivity index (χ2n) is 5.90. The van der Waals surface area contributed by atoms with E-state index in [9.17, 15) is 4.79 Å². The minimum atomic E-state index is -0.240. The minimum Gasteiger partial charge on any atom is -0.383 e. The standard InChI is InChI=1S/C19H17N3O2S2/c1-12-4-3-5-15-17(12)22(8-9-24-2)19(26-15)21-18(23)13-6-7-14-16(10-13)25-11-20-14/h3-7,10-11H,8-9H2,1-2H3. The summed E-state index contributed by atoms with van der Waals surface area (Å²) in [4.78, 5) is 22.1. The number of hydrogen-bond acceptors (Lipinski definition) is 5. The number of para-hydroxylation sites is 1. The molecule has 0 saturated carbocycles. The molecule has 0 aliphatic heterocycles. The largest absolute Gasteiger partial charge is 0.383 e. The molecule has 4 rings (SSSR count). The van der Waals surface area contributed by atoms with Gasteiger partial charge >= 0.3 is 0 Å². The lowest BCUT2D eigenvalue weighted by molar-refractivity contribution is 0.0997. The van der Waals surface area contributed by atoms with Crippen molar-refractivity contribution >= 4 is 49.0 Å². The lowest BCUT2D eigenvalue weighted by atomic mass is 10.2. The molecule has 0 fully saturated rings. The molecular formula is C19H17N3O2S2. The van der Waals surface area contributed by atoms with Crippen LogP contribution in [0, 0.1) is 6.92 Å². The second kappa shape index (κ2) is 7.11. The molecule has 1 amide bonds. The summed E-state index contributed by atoms with van der Waals surface area (Å²) in [6.45, 7) is 3.29. The zero-order chi connectivity index (χ0) is 18.1. The predicted molar refractivity (Wildman–Crippen MR) is 106 cm³/mol. The van der Waals surface area contributed by atoms with Gasteiger partial charge in [0.15, 0.2) is 4.80 Å². The fourth-order valence-electron chi connectivity index (χ4n) is 2.92. The van der Waals surface area contributed by atoms with E-state index in [1.165, 1.54) is 22.7 Å². The van der Waals surface area contributed by atoms with Crippen LogP contribution < -0.4 is 4.80 Å². The number of nitrogens with zero attached hydrogens (tertiary/aromatic N) is 3. The number of carbonyl (C=O) groups is 1. The fraction of sp³-hybridized carbons (Fsp3) is 0.211. The van der Waals surface area contributed by atoms with Crippen molar-refractivity contribution in [3.63, 3.8) is 0 Å². The van der Waals surface area contributed by atoms with E-state index in [1.807, 2.05) is 18.2 Å². The molecule has 7 heteroatoms. The van der Waals surface area contributed by atoms with E-state index in [0.717, 1.165) is 26.0 Å². The molecule has 5 nitrogen and oxygen atoms in total. The average Bonchev–Trinajstić information content (AvgIpc) is 3.24. The Morgan fingerprint density at radius 2 is 2.15 bits per heavy atom. The van der Waals surface area contributed by atoms with Gasteiger partial charge in [0.2, 0.25) is 0 Å². The number of thiazole rings is 2. The SMILES string of the molecule is COCCn1c(=NC(=O)c2ccc3ncsc3c2)sc2cccc(C)c21. The van der Waals surface area contributed by atoms with Gasteiger partial charge in [-0.2, -0.15) is 4.99 Å². The molecule has 2 aromatic carbocycles. The number of rotatable bonds is 4. The van der Waals surface area contributed by atoms with E-state index in [2.05, 4.69) is 33.6 Å². The molecule has 0 bridgehead atoms. The average molecular weight is 383 g/mol. The number of hydrogen-bond donors (Lipinski definition) is 0. The van der Waals surface area contributed by atoms with Crippen molar-refractivity contribution in [1.82, 2.24) is 9.55 Å². The smallest absolute Gasteiger partial charge is 0.279 e. The molecular weight excluding hydrogens is 366 g/mol. The molecule has 132 valence electrons. The first kappa shape index (κ1) is 17.1. The molecule has 2 heterocycles. The number of aromatic nitrogens is 2. The lowest BCUT2D eigenvalue weighted by Crippen LogP contribution is -2.19. The zero-order valence-corrected chi connectivity index (χ0v) is 16.1. The maximum absolute atomic E-state index is 12.7. The summed E-state index contributed by atoms with van der Waals surface area (Å²) in [6.07, 6.45) is 0. The third-order valence-electron chi connectivity index (χ3n) is 4.20. The van der Waals surface area contributed by atoms with Crippen LogP contribution in [-0.2, 0) is 11.3 Å². The van der Waals surface area contributed by atoms with Crippen molar-refractivity contribution in [2.45, 2.75) is 13.5 Å². The van der Waals surface area contributed by atoms with Gasteiger partial charge in [-0.05, 0) is 36.8 Å². The maximum atomic E-state index is 12.7. The molecule has 2 aromatic heterocycles. The molecule has 0 unspecified atom stereocenters. The van der Waals surface area contributed by atoms with Crippen molar-refractivity contribution in [2.24, 2.45) is 4.99 Å². The van der Waals surface area contributed by atoms with E-state index in [-0.39, 0.29) is 5.91 Å². The second-order valence-corrected chi connectivity index (χ2v) is 7.80. The van der Waals surface area contributed by atoms with Gasteiger partial charge in [-0.25, -0.2) is 4.98 Å². The normalized spacial score (nSPS) is 12.3. The van der Waals surface area contributed by atoms with Crippen molar-refractivity contribution < 1.29 is 9.53 Å². The van der Waals surface area contributed by atoms with Gasteiger partial charge in [-0.15, -0.1) is 11.3 Å². The Bertz CT molecular complexity index is 1170. The van der Waals surface area contributed by atoms with Crippen molar-refractivity contribution in [2.75, 3.05) is 13.7 Å². The Hall–Kier alpha value is -2.35. The molecule has 26 heavy (non-hydrogen) atoms. The van der Waals surface area contributed by atoms with Crippen LogP contribution in [0.15, 0.2) is 46.9 Å². The van der Waals surface area contributed by atoms with E-state index in [4.69, 9.17) is 4.74 Å². The first-order chi connectivity index (χ1) is 12.7. The third kappa shape index (κ3) is 3.09. The van der Waals surface area contributed by atoms with Crippen LogP contribution in [-0.4, -0.2) is 29.2 Å². The molecule has 0 aliphatic rings. The van der Waals surface area contributed by atoms with Gasteiger partial charge in [-0.1, -0.05) is 23.5 Å². The molecule has 0 N–H and O–H groups in total. The van der Waals surface area contributed by atoms with Gasteiger partial charge in [0, 0.05) is 19.2 Å². The van der Waals surface area contributed by atoms with E-state index in [1.54, 1.807) is 18.7 Å². The van der Waals surface area contributed by atoms with Crippen LogP contribution in [0.25, 0.3) is 20.4 Å². The summed E-state index contributed by atoms with van der Waals surface area (Å²) in [5, 5.41) is 0. The maximum Gasteiger partial charge on any atom is 0.279 e. The summed E-state index contributed by atoms with van der Waals surface area (Å²) < 4.78 is 9.42. The fourth-order valence-corrected chi connectivity index (χ4v) is 4.77. The highest BCUT2D eigenvalue weighted by molar-refractivity contribution is 7.17. The highest BCUT2D eigenvalue weighted by atomic mass is 32.1. The van der Waals surface area contributed by atoms with Crippen LogP contribution in [0.3, 0.4) is 0 Å². The zero-order valence-electron chi connectivity index (χ0n) is 14.4. The molecule has 0 aliphatic carbocycles. The highest BCUT2D eigenvalue weighted by Crippen LogP contribution is 2.22. The number of fused-ring (bicyclic) bond motifs is 2. The van der Waals surface area contributed by atoms with Crippen LogP contribution in [0.1, 0.15) is 15.9 Å². The van der Waals surface area contributed by atoms with Gasteiger partial charge in [0.1, 0.15) is 0 Å². The Morgan fingerprint density at radius 3 is 3.00 bits per heavy atom. The molecule has 0 radical (unpaired) electrons. The number of benzene rings is 2. The van der Waals surface area contributed by atoms with Gasteiger partial charge in [-0.3, -0.25) is 4.79 Å². The Kier molecular flexibility index (Phi) is 4.67. The molecule has 0 atom stereocenters. The molecule has 0 spiro atoms. The summed E-state index contributed by atoms with van der Waals surface area (Å²) >= 11 is 3.05. The van der Waals surface area contributed by atoms with Crippen LogP contribution in [0.4, 0.5) is 0 Å². The van der Waals surface area contributed by atoms with Crippen LogP contribution in [0.5, 0.6) is 0 Å². The Labute approximate surface area is 158 Å². The topological polar surface area (TPSA) is 56.5 Å². The first-order valence-corrected chi connectivity index (χ1v) is 9.87. The lowest BCUT2D eigenvalue weighted by Gasteiger charge is -2.06. The third-order valence-corrected chi connectivity index (χ3v) is 6.03. The van der Waals surface area contributed by atoms with Crippen LogP contribution >= 0.6 is 22.7 Å². The van der Waals surface area contributed by atoms with Gasteiger partial charge in [0.25, 0.3) is 5.91 Å². The summed E-state index contributed by atoms with van der Waals surface area (Å²) in [5.41, 5.74) is 5.53. The first-order valence-electron chi connectivity index (χ1n) is 8.17. The monoisotopic (exact) mass is 383 g/mol. The number of aryl methyl sites for hydroxylation is 1. The molecule has 4 aromatic rings. The molecule has 0 saturated heterocycles. The highest BCUT2D eigenvalue weighted by Gasteiger charge is 2.11. The quantitative estimate of drug-likeness (QED) is 0.535. The number of amides is 1. The van der Waals surface area contributed by atoms with E-state index >= 15 is 0 Å². The van der Waals surface area contributed by atoms with Gasteiger partial charge < -0.3 is 9.30 Å². The minimum absolute atomic E-state index is 0.240. The van der Waals surface area contributed by atoms with Crippen molar-refractivity contribution in [3.05, 3.63) is 57.8 Å². The van der Waals surface area contributed by atoms with Crippen molar-refractivity contribution in [1.29, 1.82) is 0 Å². The number of carbonyl (C=O) groups excluding carboxylic acids is 1. The van der Waals surface area contributed by atoms with E-state index < -0.39 is 0 Å². The number of methoxy groups -OCH3 is 1. The summed E-state index contributed by atoms with van der Waals surface area (Å²) in [5.74, 6) is -0.240. The Balaban J connectivity index is 1.83. The van der Waals surface area contributed by atoms with Crippen molar-refractivity contribution in [3.8, 4) is 0 Å².